The number of fused-ring (bicyclic) bond motifs is 1. The maximum atomic E-state index is 3.77. The molecule has 1 N–H and O–H groups in total. The molecule has 1 aliphatic rings. The van der Waals surface area contributed by atoms with E-state index in [0.29, 0.717) is 6.04 Å². The van der Waals surface area contributed by atoms with E-state index in [1.165, 1.54) is 35.4 Å². The van der Waals surface area contributed by atoms with Crippen molar-refractivity contribution in [2.45, 2.75) is 58.4 Å². The highest BCUT2D eigenvalue weighted by molar-refractivity contribution is 7.12. The fraction of sp³-hybridized carbons (Fsp3) is 0.556. The van der Waals surface area contributed by atoms with Crippen molar-refractivity contribution in [1.29, 1.82) is 0 Å². The van der Waals surface area contributed by atoms with Crippen LogP contribution in [0, 0.1) is 0 Å². The van der Waals surface area contributed by atoms with E-state index >= 15 is 0 Å². The molecule has 3 heteroatoms. The van der Waals surface area contributed by atoms with Gasteiger partial charge < -0.3 is 5.32 Å². The first-order chi connectivity index (χ1) is 10.3. The second-order valence-electron chi connectivity index (χ2n) is 5.88. The van der Waals surface area contributed by atoms with E-state index < -0.39 is 0 Å². The topological polar surface area (TPSA) is 12.0 Å². The number of rotatable bonds is 7. The Hall–Kier alpha value is -0.640. The summed E-state index contributed by atoms with van der Waals surface area (Å²) in [7, 11) is 0. The number of hydrogen-bond acceptors (Lipinski definition) is 3. The van der Waals surface area contributed by atoms with Crippen molar-refractivity contribution >= 4 is 22.7 Å². The lowest BCUT2D eigenvalue weighted by Crippen LogP contribution is -2.23. The molecule has 0 amide bonds. The Morgan fingerprint density at radius 2 is 2.00 bits per heavy atom. The first kappa shape index (κ1) is 15.3. The molecule has 1 atom stereocenters. The SMILES string of the molecule is CCCNC(Cc1ccc(CC)s1)c1cc2c(s1)CCC2. The maximum absolute atomic E-state index is 3.77. The van der Waals surface area contributed by atoms with Crippen molar-refractivity contribution in [3.05, 3.63) is 43.3 Å². The van der Waals surface area contributed by atoms with Crippen LogP contribution in [0.3, 0.4) is 0 Å². The molecule has 0 radical (unpaired) electrons. The van der Waals surface area contributed by atoms with Gasteiger partial charge in [-0.2, -0.15) is 0 Å². The van der Waals surface area contributed by atoms with Crippen LogP contribution in [0.2, 0.25) is 0 Å². The summed E-state index contributed by atoms with van der Waals surface area (Å²) in [6.07, 6.45) is 7.46. The molecular weight excluding hydrogens is 294 g/mol. The Kier molecular flexibility index (Phi) is 5.15. The minimum atomic E-state index is 0.504. The zero-order valence-corrected chi connectivity index (χ0v) is 14.7. The van der Waals surface area contributed by atoms with Gasteiger partial charge in [0, 0.05) is 32.0 Å². The van der Waals surface area contributed by atoms with Gasteiger partial charge in [-0.25, -0.2) is 0 Å². The smallest absolute Gasteiger partial charge is 0.0463 e. The fourth-order valence-corrected chi connectivity index (χ4v) is 5.38. The summed E-state index contributed by atoms with van der Waals surface area (Å²) in [5.74, 6) is 0. The molecule has 0 spiro atoms. The highest BCUT2D eigenvalue weighted by Crippen LogP contribution is 2.35. The number of thiophene rings is 2. The number of nitrogens with one attached hydrogen (secondary N) is 1. The predicted octanol–water partition coefficient (Wildman–Crippen LogP) is 5.14. The van der Waals surface area contributed by atoms with E-state index in [1.54, 1.807) is 15.3 Å². The predicted molar refractivity (Wildman–Crippen MR) is 94.8 cm³/mol. The molecule has 3 rings (SSSR count). The molecule has 21 heavy (non-hydrogen) atoms. The zero-order chi connectivity index (χ0) is 14.7. The van der Waals surface area contributed by atoms with Crippen molar-refractivity contribution in [3.8, 4) is 0 Å². The van der Waals surface area contributed by atoms with Gasteiger partial charge in [0.1, 0.15) is 0 Å². The average Bonchev–Trinajstić information content (AvgIpc) is 3.18. The van der Waals surface area contributed by atoms with Crippen LogP contribution < -0.4 is 5.32 Å². The zero-order valence-electron chi connectivity index (χ0n) is 13.1. The van der Waals surface area contributed by atoms with Gasteiger partial charge in [-0.1, -0.05) is 13.8 Å². The second-order valence-corrected chi connectivity index (χ2v) is 8.30. The Morgan fingerprint density at radius 3 is 2.71 bits per heavy atom. The molecule has 0 saturated carbocycles. The van der Waals surface area contributed by atoms with Gasteiger partial charge >= 0.3 is 0 Å². The lowest BCUT2D eigenvalue weighted by atomic mass is 10.1. The van der Waals surface area contributed by atoms with Crippen LogP contribution in [0.5, 0.6) is 0 Å². The van der Waals surface area contributed by atoms with Gasteiger partial charge in [0.25, 0.3) is 0 Å². The molecule has 0 fully saturated rings. The summed E-state index contributed by atoms with van der Waals surface area (Å²) < 4.78 is 0. The van der Waals surface area contributed by atoms with E-state index in [1.807, 2.05) is 11.3 Å². The van der Waals surface area contributed by atoms with Crippen molar-refractivity contribution < 1.29 is 0 Å². The summed E-state index contributed by atoms with van der Waals surface area (Å²) in [5.41, 5.74) is 1.62. The summed E-state index contributed by atoms with van der Waals surface area (Å²) in [6, 6.07) is 7.61. The van der Waals surface area contributed by atoms with E-state index in [4.69, 9.17) is 0 Å². The summed E-state index contributed by atoms with van der Waals surface area (Å²) >= 11 is 4.04. The van der Waals surface area contributed by atoms with Crippen molar-refractivity contribution in [2.24, 2.45) is 0 Å². The molecule has 0 aliphatic heterocycles. The highest BCUT2D eigenvalue weighted by Gasteiger charge is 2.20. The second kappa shape index (κ2) is 7.08. The van der Waals surface area contributed by atoms with Crippen LogP contribution in [0.4, 0.5) is 0 Å². The van der Waals surface area contributed by atoms with Gasteiger partial charge in [0.05, 0.1) is 0 Å². The summed E-state index contributed by atoms with van der Waals surface area (Å²) in [5, 5.41) is 3.77. The Balaban J connectivity index is 1.76. The molecule has 1 aliphatic carbocycles. The van der Waals surface area contributed by atoms with Crippen LogP contribution in [0.1, 0.15) is 57.8 Å². The van der Waals surface area contributed by atoms with Crippen molar-refractivity contribution in [3.63, 3.8) is 0 Å². The lowest BCUT2D eigenvalue weighted by molar-refractivity contribution is 0.539. The fourth-order valence-electron chi connectivity index (χ4n) is 3.04. The maximum Gasteiger partial charge on any atom is 0.0463 e. The minimum absolute atomic E-state index is 0.504. The third-order valence-electron chi connectivity index (χ3n) is 4.22. The first-order valence-corrected chi connectivity index (χ1v) is 9.86. The van der Waals surface area contributed by atoms with Crippen LogP contribution in [-0.2, 0) is 25.7 Å². The quantitative estimate of drug-likeness (QED) is 0.744. The van der Waals surface area contributed by atoms with Crippen LogP contribution >= 0.6 is 22.7 Å². The molecule has 114 valence electrons. The monoisotopic (exact) mass is 319 g/mol. The first-order valence-electron chi connectivity index (χ1n) is 8.22. The molecule has 0 saturated heterocycles. The Labute approximate surface area is 136 Å². The van der Waals surface area contributed by atoms with Crippen molar-refractivity contribution in [2.75, 3.05) is 6.54 Å². The molecule has 1 unspecified atom stereocenters. The van der Waals surface area contributed by atoms with Gasteiger partial charge in [-0.3, -0.25) is 0 Å². The summed E-state index contributed by atoms with van der Waals surface area (Å²) in [6.45, 7) is 5.60. The number of aryl methyl sites for hydroxylation is 3. The average molecular weight is 320 g/mol. The van der Waals surface area contributed by atoms with Crippen LogP contribution in [0.25, 0.3) is 0 Å². The molecule has 0 aromatic carbocycles. The Morgan fingerprint density at radius 1 is 1.14 bits per heavy atom. The van der Waals surface area contributed by atoms with E-state index in [2.05, 4.69) is 48.7 Å². The van der Waals surface area contributed by atoms with Gasteiger partial charge in [0.2, 0.25) is 0 Å². The normalized spacial score (nSPS) is 15.3. The standard InChI is InChI=1S/C18H25NS2/c1-3-10-19-16(12-15-9-8-14(4-2)20-15)18-11-13-6-5-7-17(13)21-18/h8-9,11,16,19H,3-7,10,12H2,1-2H3. The molecular formula is C18H25NS2. The van der Waals surface area contributed by atoms with Crippen LogP contribution in [-0.4, -0.2) is 6.54 Å². The number of hydrogen-bond donors (Lipinski definition) is 1. The summed E-state index contributed by atoms with van der Waals surface area (Å²) in [4.78, 5) is 6.23. The molecule has 2 aromatic heterocycles. The van der Waals surface area contributed by atoms with E-state index in [-0.39, 0.29) is 0 Å². The van der Waals surface area contributed by atoms with Crippen molar-refractivity contribution in [1.82, 2.24) is 5.32 Å². The highest BCUT2D eigenvalue weighted by atomic mass is 32.1. The molecule has 0 bridgehead atoms. The Bertz CT molecular complexity index is 560. The third kappa shape index (κ3) is 3.58. The van der Waals surface area contributed by atoms with Gasteiger partial charge in [0.15, 0.2) is 0 Å². The van der Waals surface area contributed by atoms with Gasteiger partial charge in [-0.15, -0.1) is 22.7 Å². The molecule has 1 nitrogen and oxygen atoms in total. The third-order valence-corrected chi connectivity index (χ3v) is 6.82. The van der Waals surface area contributed by atoms with Gasteiger partial charge in [-0.05, 0) is 62.4 Å². The van der Waals surface area contributed by atoms with E-state index in [9.17, 15) is 0 Å². The molecule has 2 aromatic rings. The lowest BCUT2D eigenvalue weighted by Gasteiger charge is -2.16. The van der Waals surface area contributed by atoms with Crippen LogP contribution in [0.15, 0.2) is 18.2 Å². The minimum Gasteiger partial charge on any atom is -0.309 e. The largest absolute Gasteiger partial charge is 0.309 e. The molecule has 2 heterocycles. The van der Waals surface area contributed by atoms with E-state index in [0.717, 1.165) is 19.4 Å².